The average Bonchev–Trinajstić information content (AvgIpc) is 2.45. The second-order valence-electron chi connectivity index (χ2n) is 4.99. The lowest BCUT2D eigenvalue weighted by Gasteiger charge is -2.31. The molecule has 1 aromatic carbocycles. The van der Waals surface area contributed by atoms with Crippen molar-refractivity contribution < 1.29 is 0 Å². The van der Waals surface area contributed by atoms with E-state index in [1.807, 2.05) is 13.8 Å². The van der Waals surface area contributed by atoms with Gasteiger partial charge in [-0.1, -0.05) is 63.9 Å². The highest BCUT2D eigenvalue weighted by Crippen LogP contribution is 2.22. The predicted molar refractivity (Wildman–Crippen MR) is 80.7 cm³/mol. The molecule has 0 unspecified atom stereocenters. The minimum atomic E-state index is 0.997. The molecular formula is C17H29N. The van der Waals surface area contributed by atoms with Gasteiger partial charge in [0.05, 0.1) is 0 Å². The third-order valence-electron chi connectivity index (χ3n) is 3.65. The van der Waals surface area contributed by atoms with Gasteiger partial charge in [-0.25, -0.2) is 0 Å². The molecule has 1 aliphatic heterocycles. The molecule has 0 spiro atoms. The largest absolute Gasteiger partial charge is 0.299 e. The van der Waals surface area contributed by atoms with E-state index in [1.165, 1.54) is 44.3 Å². The molecule has 1 fully saturated rings. The summed E-state index contributed by atoms with van der Waals surface area (Å²) in [6.07, 6.45) is 5.59. The summed E-state index contributed by atoms with van der Waals surface area (Å²) in [6, 6.07) is 10.8. The Morgan fingerprint density at radius 3 is 2.22 bits per heavy atom. The first-order chi connectivity index (χ1) is 8.88. The van der Waals surface area contributed by atoms with E-state index in [-0.39, 0.29) is 0 Å². The quantitative estimate of drug-likeness (QED) is 0.744. The Kier molecular flexibility index (Phi) is 7.75. The van der Waals surface area contributed by atoms with Crippen molar-refractivity contribution in [3.05, 3.63) is 35.9 Å². The minimum absolute atomic E-state index is 0.997. The highest BCUT2D eigenvalue weighted by molar-refractivity contribution is 5.14. The summed E-state index contributed by atoms with van der Waals surface area (Å²) in [5, 5.41) is 0. The first-order valence-electron chi connectivity index (χ1n) is 7.64. The van der Waals surface area contributed by atoms with E-state index in [4.69, 9.17) is 0 Å². The third-order valence-corrected chi connectivity index (χ3v) is 3.65. The van der Waals surface area contributed by atoms with Crippen LogP contribution in [0.4, 0.5) is 0 Å². The van der Waals surface area contributed by atoms with Crippen LogP contribution in [0.15, 0.2) is 30.3 Å². The second kappa shape index (κ2) is 9.16. The molecule has 0 amide bonds. The van der Waals surface area contributed by atoms with Crippen LogP contribution in [-0.2, 0) is 6.54 Å². The molecule has 0 aliphatic carbocycles. The highest BCUT2D eigenvalue weighted by atomic mass is 15.1. The lowest BCUT2D eigenvalue weighted by molar-refractivity contribution is 0.172. The van der Waals surface area contributed by atoms with Crippen LogP contribution in [0.2, 0.25) is 0 Å². The van der Waals surface area contributed by atoms with Crippen LogP contribution in [0.3, 0.4) is 0 Å². The van der Waals surface area contributed by atoms with Crippen molar-refractivity contribution in [3.63, 3.8) is 0 Å². The van der Waals surface area contributed by atoms with Crippen molar-refractivity contribution >= 4 is 0 Å². The molecule has 0 bridgehead atoms. The molecule has 1 saturated heterocycles. The molecule has 1 heterocycles. The van der Waals surface area contributed by atoms with E-state index in [2.05, 4.69) is 42.2 Å². The molecule has 18 heavy (non-hydrogen) atoms. The Balaban J connectivity index is 0.000000771. The second-order valence-corrected chi connectivity index (χ2v) is 4.99. The maximum atomic E-state index is 2.60. The number of hydrogen-bond donors (Lipinski definition) is 0. The van der Waals surface area contributed by atoms with Gasteiger partial charge in [-0.2, -0.15) is 0 Å². The molecule has 1 aliphatic rings. The van der Waals surface area contributed by atoms with Gasteiger partial charge in [0.25, 0.3) is 0 Å². The van der Waals surface area contributed by atoms with Gasteiger partial charge in [0, 0.05) is 6.54 Å². The van der Waals surface area contributed by atoms with Crippen LogP contribution in [0.25, 0.3) is 0 Å². The molecule has 2 rings (SSSR count). The molecule has 0 saturated carbocycles. The van der Waals surface area contributed by atoms with Gasteiger partial charge in [0.1, 0.15) is 0 Å². The van der Waals surface area contributed by atoms with Crippen LogP contribution in [-0.4, -0.2) is 18.0 Å². The number of benzene rings is 1. The van der Waals surface area contributed by atoms with Gasteiger partial charge in [0.2, 0.25) is 0 Å². The first-order valence-corrected chi connectivity index (χ1v) is 7.64. The summed E-state index contributed by atoms with van der Waals surface area (Å²) in [6.45, 7) is 10.0. The van der Waals surface area contributed by atoms with Gasteiger partial charge in [-0.05, 0) is 37.4 Å². The monoisotopic (exact) mass is 247 g/mol. The van der Waals surface area contributed by atoms with Crippen molar-refractivity contribution in [2.45, 2.75) is 53.0 Å². The molecule has 0 N–H and O–H groups in total. The minimum Gasteiger partial charge on any atom is -0.299 e. The molecule has 1 nitrogen and oxygen atoms in total. The topological polar surface area (TPSA) is 3.24 Å². The average molecular weight is 247 g/mol. The summed E-state index contributed by atoms with van der Waals surface area (Å²) in [5.41, 5.74) is 1.46. The predicted octanol–water partition coefficient (Wildman–Crippen LogP) is 4.72. The first kappa shape index (κ1) is 15.2. The summed E-state index contributed by atoms with van der Waals surface area (Å²) in [7, 11) is 0. The van der Waals surface area contributed by atoms with E-state index in [0.717, 1.165) is 12.5 Å². The normalized spacial score (nSPS) is 17.1. The zero-order chi connectivity index (χ0) is 13.2. The van der Waals surface area contributed by atoms with Gasteiger partial charge < -0.3 is 0 Å². The Hall–Kier alpha value is -0.820. The number of piperidine rings is 1. The molecular weight excluding hydrogens is 218 g/mol. The Labute approximate surface area is 113 Å². The van der Waals surface area contributed by atoms with E-state index in [1.54, 1.807) is 0 Å². The van der Waals surface area contributed by atoms with Crippen LogP contribution in [0, 0.1) is 5.92 Å². The van der Waals surface area contributed by atoms with E-state index in [0.29, 0.717) is 0 Å². The fourth-order valence-electron chi connectivity index (χ4n) is 2.68. The zero-order valence-electron chi connectivity index (χ0n) is 12.4. The van der Waals surface area contributed by atoms with Gasteiger partial charge in [-0.3, -0.25) is 4.90 Å². The fraction of sp³-hybridized carbons (Fsp3) is 0.647. The fourth-order valence-corrected chi connectivity index (χ4v) is 2.68. The van der Waals surface area contributed by atoms with Crippen LogP contribution >= 0.6 is 0 Å². The van der Waals surface area contributed by atoms with Gasteiger partial charge in [-0.15, -0.1) is 0 Å². The Morgan fingerprint density at radius 2 is 1.67 bits per heavy atom. The Morgan fingerprint density at radius 1 is 1.06 bits per heavy atom. The summed E-state index contributed by atoms with van der Waals surface area (Å²) < 4.78 is 0. The highest BCUT2D eigenvalue weighted by Gasteiger charge is 2.18. The van der Waals surface area contributed by atoms with Crippen LogP contribution < -0.4 is 0 Å². The number of rotatable bonds is 4. The summed E-state index contributed by atoms with van der Waals surface area (Å²) in [5.74, 6) is 0.997. The van der Waals surface area contributed by atoms with Crippen molar-refractivity contribution in [2.75, 3.05) is 13.1 Å². The van der Waals surface area contributed by atoms with Crippen molar-refractivity contribution in [1.29, 1.82) is 0 Å². The molecule has 0 aromatic heterocycles. The molecule has 1 heteroatoms. The standard InChI is InChI=1S/C15H23N.C2H6/c1-2-6-14-9-11-16(12-10-14)13-15-7-4-3-5-8-15;1-2/h3-5,7-8,14H,2,6,9-13H2,1H3;1-2H3. The lowest BCUT2D eigenvalue weighted by Crippen LogP contribution is -2.33. The zero-order valence-corrected chi connectivity index (χ0v) is 12.4. The number of nitrogens with zero attached hydrogens (tertiary/aromatic N) is 1. The smallest absolute Gasteiger partial charge is 0.0233 e. The van der Waals surface area contributed by atoms with Crippen molar-refractivity contribution in [3.8, 4) is 0 Å². The van der Waals surface area contributed by atoms with Gasteiger partial charge in [0.15, 0.2) is 0 Å². The molecule has 0 radical (unpaired) electrons. The SMILES string of the molecule is CC.CCCC1CCN(Cc2ccccc2)CC1. The third kappa shape index (κ3) is 5.22. The maximum absolute atomic E-state index is 2.60. The summed E-state index contributed by atoms with van der Waals surface area (Å²) >= 11 is 0. The number of likely N-dealkylation sites (tertiary alicyclic amines) is 1. The lowest BCUT2D eigenvalue weighted by atomic mass is 9.92. The molecule has 102 valence electrons. The number of hydrogen-bond acceptors (Lipinski definition) is 1. The van der Waals surface area contributed by atoms with E-state index >= 15 is 0 Å². The van der Waals surface area contributed by atoms with Crippen LogP contribution in [0.1, 0.15) is 52.0 Å². The van der Waals surface area contributed by atoms with Gasteiger partial charge >= 0.3 is 0 Å². The van der Waals surface area contributed by atoms with E-state index in [9.17, 15) is 0 Å². The molecule has 1 aromatic rings. The maximum Gasteiger partial charge on any atom is 0.0233 e. The van der Waals surface area contributed by atoms with E-state index < -0.39 is 0 Å². The molecule has 0 atom stereocenters. The van der Waals surface area contributed by atoms with Crippen molar-refractivity contribution in [1.82, 2.24) is 4.90 Å². The summed E-state index contributed by atoms with van der Waals surface area (Å²) in [4.78, 5) is 2.60. The Bertz CT molecular complexity index is 286. The van der Waals surface area contributed by atoms with Crippen molar-refractivity contribution in [2.24, 2.45) is 5.92 Å². The van der Waals surface area contributed by atoms with Crippen LogP contribution in [0.5, 0.6) is 0 Å².